The second-order valence-electron chi connectivity index (χ2n) is 8.47. The molecule has 2 aliphatic rings. The number of fused-ring (bicyclic) bond motifs is 1. The number of aryl methyl sites for hydroxylation is 1. The highest BCUT2D eigenvalue weighted by molar-refractivity contribution is 5.61. The Labute approximate surface area is 171 Å². The number of rotatable bonds is 5. The molecule has 3 aromatic rings. The molecular formula is C22H27N7. The molecule has 1 atom stereocenters. The van der Waals surface area contributed by atoms with Gasteiger partial charge in [-0.1, -0.05) is 13.8 Å². The average molecular weight is 390 g/mol. The molecule has 0 bridgehead atoms. The molecular weight excluding hydrogens is 362 g/mol. The lowest BCUT2D eigenvalue weighted by atomic mass is 10.1. The first kappa shape index (κ1) is 18.2. The zero-order chi connectivity index (χ0) is 19.8. The molecule has 0 spiro atoms. The lowest BCUT2D eigenvalue weighted by Gasteiger charge is -2.28. The minimum absolute atomic E-state index is 0.223. The molecule has 3 aromatic heterocycles. The van der Waals surface area contributed by atoms with Crippen LogP contribution in [-0.4, -0.2) is 36.3 Å². The Kier molecular flexibility index (Phi) is 4.73. The minimum atomic E-state index is 0.223. The molecule has 0 amide bonds. The highest BCUT2D eigenvalue weighted by Crippen LogP contribution is 2.39. The summed E-state index contributed by atoms with van der Waals surface area (Å²) >= 11 is 0. The maximum Gasteiger partial charge on any atom is 0.161 e. The molecule has 0 saturated carbocycles. The second-order valence-corrected chi connectivity index (χ2v) is 8.47. The van der Waals surface area contributed by atoms with E-state index in [9.17, 15) is 0 Å². The standard InChI is InChI=1S/C22H27N7/c1-15(2)13-28-14-24-27-22(28)19-7-4-12-29(19)21-17-5-3-6-18(17)25-20(26-21)16-8-10-23-11-9-16/h8-11,14-15,19H,3-7,12-13H2,1-2H3. The van der Waals surface area contributed by atoms with Crippen molar-refractivity contribution in [2.24, 2.45) is 5.92 Å². The van der Waals surface area contributed by atoms with Gasteiger partial charge in [0.1, 0.15) is 12.1 Å². The van der Waals surface area contributed by atoms with E-state index in [0.29, 0.717) is 5.92 Å². The topological polar surface area (TPSA) is 72.6 Å². The predicted molar refractivity (Wildman–Crippen MR) is 111 cm³/mol. The van der Waals surface area contributed by atoms with Crippen LogP contribution < -0.4 is 4.90 Å². The second kappa shape index (κ2) is 7.54. The third kappa shape index (κ3) is 3.39. The number of hydrogen-bond donors (Lipinski definition) is 0. The van der Waals surface area contributed by atoms with Crippen LogP contribution in [0.15, 0.2) is 30.9 Å². The molecule has 1 aliphatic carbocycles. The van der Waals surface area contributed by atoms with Crippen LogP contribution in [0.25, 0.3) is 11.4 Å². The van der Waals surface area contributed by atoms with Crippen molar-refractivity contribution in [2.75, 3.05) is 11.4 Å². The van der Waals surface area contributed by atoms with Crippen molar-refractivity contribution in [3.8, 4) is 11.4 Å². The molecule has 5 rings (SSSR count). The van der Waals surface area contributed by atoms with E-state index in [4.69, 9.17) is 9.97 Å². The van der Waals surface area contributed by atoms with Crippen molar-refractivity contribution >= 4 is 5.82 Å². The summed E-state index contributed by atoms with van der Waals surface area (Å²) in [6, 6.07) is 4.20. The van der Waals surface area contributed by atoms with E-state index in [-0.39, 0.29) is 6.04 Å². The van der Waals surface area contributed by atoms with Gasteiger partial charge < -0.3 is 9.47 Å². The smallest absolute Gasteiger partial charge is 0.161 e. The van der Waals surface area contributed by atoms with Gasteiger partial charge in [-0.3, -0.25) is 4.98 Å². The van der Waals surface area contributed by atoms with Crippen LogP contribution in [-0.2, 0) is 19.4 Å². The molecule has 29 heavy (non-hydrogen) atoms. The van der Waals surface area contributed by atoms with Crippen molar-refractivity contribution in [2.45, 2.75) is 58.5 Å². The van der Waals surface area contributed by atoms with E-state index in [1.54, 1.807) is 12.4 Å². The molecule has 1 aliphatic heterocycles. The SMILES string of the molecule is CC(C)Cn1cnnc1C1CCCN1c1nc(-c2ccncc2)nc2c1CCC2. The number of aromatic nitrogens is 6. The van der Waals surface area contributed by atoms with E-state index in [1.165, 1.54) is 11.3 Å². The fourth-order valence-corrected chi connectivity index (χ4v) is 4.62. The van der Waals surface area contributed by atoms with Crippen LogP contribution in [0, 0.1) is 5.92 Å². The Morgan fingerprint density at radius 1 is 1.10 bits per heavy atom. The maximum atomic E-state index is 5.08. The Balaban J connectivity index is 1.56. The van der Waals surface area contributed by atoms with Gasteiger partial charge in [-0.05, 0) is 50.2 Å². The van der Waals surface area contributed by atoms with Gasteiger partial charge >= 0.3 is 0 Å². The minimum Gasteiger partial charge on any atom is -0.346 e. The Morgan fingerprint density at radius 2 is 1.97 bits per heavy atom. The first-order valence-electron chi connectivity index (χ1n) is 10.6. The van der Waals surface area contributed by atoms with Crippen molar-refractivity contribution in [3.63, 3.8) is 0 Å². The van der Waals surface area contributed by atoms with Crippen LogP contribution in [0.4, 0.5) is 5.82 Å². The van der Waals surface area contributed by atoms with Crippen molar-refractivity contribution in [3.05, 3.63) is 47.9 Å². The molecule has 0 radical (unpaired) electrons. The lowest BCUT2D eigenvalue weighted by Crippen LogP contribution is -2.28. The van der Waals surface area contributed by atoms with Crippen LogP contribution in [0.2, 0.25) is 0 Å². The van der Waals surface area contributed by atoms with Gasteiger partial charge in [0.25, 0.3) is 0 Å². The quantitative estimate of drug-likeness (QED) is 0.664. The van der Waals surface area contributed by atoms with Crippen LogP contribution in [0.1, 0.15) is 56.2 Å². The van der Waals surface area contributed by atoms with E-state index in [1.807, 2.05) is 18.5 Å². The predicted octanol–water partition coefficient (Wildman–Crippen LogP) is 3.62. The van der Waals surface area contributed by atoms with Gasteiger partial charge in [0.2, 0.25) is 0 Å². The van der Waals surface area contributed by atoms with Gasteiger partial charge in [-0.15, -0.1) is 10.2 Å². The van der Waals surface area contributed by atoms with Crippen LogP contribution >= 0.6 is 0 Å². The normalized spacial score (nSPS) is 18.6. The van der Waals surface area contributed by atoms with E-state index < -0.39 is 0 Å². The molecule has 4 heterocycles. The van der Waals surface area contributed by atoms with Crippen molar-refractivity contribution in [1.82, 2.24) is 29.7 Å². The van der Waals surface area contributed by atoms with Gasteiger partial charge in [0.05, 0.1) is 6.04 Å². The average Bonchev–Trinajstić information content (AvgIpc) is 3.47. The number of anilines is 1. The van der Waals surface area contributed by atoms with E-state index in [2.05, 4.69) is 38.5 Å². The monoisotopic (exact) mass is 389 g/mol. The number of nitrogens with zero attached hydrogens (tertiary/aromatic N) is 7. The fraction of sp³-hybridized carbons (Fsp3) is 0.500. The summed E-state index contributed by atoms with van der Waals surface area (Å²) in [5, 5.41) is 8.75. The Hall–Kier alpha value is -2.83. The first-order chi connectivity index (χ1) is 14.2. The molecule has 150 valence electrons. The van der Waals surface area contributed by atoms with Crippen LogP contribution in [0.3, 0.4) is 0 Å². The lowest BCUT2D eigenvalue weighted by molar-refractivity contribution is 0.487. The van der Waals surface area contributed by atoms with Crippen molar-refractivity contribution in [1.29, 1.82) is 0 Å². The molecule has 7 heteroatoms. The van der Waals surface area contributed by atoms with Gasteiger partial charge in [-0.25, -0.2) is 9.97 Å². The first-order valence-corrected chi connectivity index (χ1v) is 10.6. The van der Waals surface area contributed by atoms with Gasteiger partial charge in [0, 0.05) is 42.3 Å². The largest absolute Gasteiger partial charge is 0.346 e. The van der Waals surface area contributed by atoms with E-state index >= 15 is 0 Å². The summed E-state index contributed by atoms with van der Waals surface area (Å²) < 4.78 is 2.22. The molecule has 1 saturated heterocycles. The highest BCUT2D eigenvalue weighted by Gasteiger charge is 2.34. The zero-order valence-corrected chi connectivity index (χ0v) is 17.1. The molecule has 1 fully saturated rings. The molecule has 0 aromatic carbocycles. The Morgan fingerprint density at radius 3 is 2.79 bits per heavy atom. The Bertz CT molecular complexity index is 996. The third-order valence-electron chi connectivity index (χ3n) is 5.88. The van der Waals surface area contributed by atoms with Crippen molar-refractivity contribution < 1.29 is 0 Å². The zero-order valence-electron chi connectivity index (χ0n) is 17.1. The summed E-state index contributed by atoms with van der Waals surface area (Å²) in [6.45, 7) is 6.40. The third-order valence-corrected chi connectivity index (χ3v) is 5.88. The molecule has 0 N–H and O–H groups in total. The molecule has 1 unspecified atom stereocenters. The van der Waals surface area contributed by atoms with E-state index in [0.717, 1.165) is 68.2 Å². The fourth-order valence-electron chi connectivity index (χ4n) is 4.62. The molecule has 7 nitrogen and oxygen atoms in total. The summed E-state index contributed by atoms with van der Waals surface area (Å²) in [4.78, 5) is 16.6. The number of hydrogen-bond acceptors (Lipinski definition) is 6. The maximum absolute atomic E-state index is 5.08. The highest BCUT2D eigenvalue weighted by atomic mass is 15.3. The number of pyridine rings is 1. The van der Waals surface area contributed by atoms with Gasteiger partial charge in [0.15, 0.2) is 11.6 Å². The summed E-state index contributed by atoms with van der Waals surface area (Å²) in [6.07, 6.45) is 11.0. The summed E-state index contributed by atoms with van der Waals surface area (Å²) in [5.41, 5.74) is 3.55. The van der Waals surface area contributed by atoms with Gasteiger partial charge in [-0.2, -0.15) is 0 Å². The summed E-state index contributed by atoms with van der Waals surface area (Å²) in [5.74, 6) is 3.52. The summed E-state index contributed by atoms with van der Waals surface area (Å²) in [7, 11) is 0. The van der Waals surface area contributed by atoms with Crippen LogP contribution in [0.5, 0.6) is 0 Å².